The fourth-order valence-corrected chi connectivity index (χ4v) is 4.50. The van der Waals surface area contributed by atoms with Gasteiger partial charge in [0.25, 0.3) is 0 Å². The lowest BCUT2D eigenvalue weighted by Gasteiger charge is -2.34. The number of nitrogens with one attached hydrogen (secondary N) is 1. The van der Waals surface area contributed by atoms with Gasteiger partial charge in [-0.15, -0.1) is 0 Å². The smallest absolute Gasteiger partial charge is 0.228 e. The third kappa shape index (κ3) is 3.97. The monoisotopic (exact) mass is 433 g/mol. The van der Waals surface area contributed by atoms with Gasteiger partial charge in [-0.3, -0.25) is 9.59 Å². The Kier molecular flexibility index (Phi) is 5.37. The van der Waals surface area contributed by atoms with E-state index in [1.807, 2.05) is 84.9 Å². The fraction of sp³-hybridized carbons (Fsp3) is 0.103. The summed E-state index contributed by atoms with van der Waals surface area (Å²) in [4.78, 5) is 25.7. The average Bonchev–Trinajstić information content (AvgIpc) is 2.85. The number of rotatable bonds is 5. The van der Waals surface area contributed by atoms with E-state index in [0.29, 0.717) is 23.2 Å². The Morgan fingerprint density at radius 3 is 2.03 bits per heavy atom. The molecular weight excluding hydrogens is 410 g/mol. The van der Waals surface area contributed by atoms with Crippen LogP contribution in [0.25, 0.3) is 11.1 Å². The highest BCUT2D eigenvalue weighted by molar-refractivity contribution is 6.11. The van der Waals surface area contributed by atoms with E-state index < -0.39 is 5.60 Å². The van der Waals surface area contributed by atoms with Gasteiger partial charge in [0.2, 0.25) is 5.91 Å². The quantitative estimate of drug-likeness (QED) is 0.457. The Bertz CT molecular complexity index is 1330. The summed E-state index contributed by atoms with van der Waals surface area (Å²) in [5.74, 6) is -0.391. The van der Waals surface area contributed by atoms with Crippen LogP contribution in [-0.2, 0) is 23.2 Å². The molecule has 0 radical (unpaired) electrons. The van der Waals surface area contributed by atoms with E-state index in [-0.39, 0.29) is 18.1 Å². The molecule has 1 atom stereocenters. The lowest BCUT2D eigenvalue weighted by atomic mass is 9.72. The van der Waals surface area contributed by atoms with Crippen LogP contribution < -0.4 is 5.32 Å². The Morgan fingerprint density at radius 2 is 1.30 bits per heavy atom. The van der Waals surface area contributed by atoms with Crippen LogP contribution in [0.2, 0.25) is 0 Å². The van der Waals surface area contributed by atoms with Gasteiger partial charge < -0.3 is 10.4 Å². The zero-order valence-corrected chi connectivity index (χ0v) is 18.0. The van der Waals surface area contributed by atoms with Crippen LogP contribution in [0, 0.1) is 0 Å². The SMILES string of the molecule is O=C(Cc1ccccc1)Nc1ccc(CC2(O)C(=O)c3ccccc3-c3ccccc32)cc1. The topological polar surface area (TPSA) is 66.4 Å². The number of carbonyl (C=O) groups is 2. The molecule has 162 valence electrons. The second-order valence-corrected chi connectivity index (χ2v) is 8.36. The number of carbonyl (C=O) groups excluding carboxylic acids is 2. The summed E-state index contributed by atoms with van der Waals surface area (Å²) in [5, 5.41) is 14.6. The first-order valence-electron chi connectivity index (χ1n) is 10.9. The van der Waals surface area contributed by atoms with Crippen LogP contribution in [-0.4, -0.2) is 16.8 Å². The second kappa shape index (κ2) is 8.49. The van der Waals surface area contributed by atoms with Crippen molar-refractivity contribution in [1.29, 1.82) is 0 Å². The second-order valence-electron chi connectivity index (χ2n) is 8.36. The molecule has 0 spiro atoms. The molecule has 1 amide bonds. The van der Waals surface area contributed by atoms with E-state index >= 15 is 0 Å². The van der Waals surface area contributed by atoms with Crippen LogP contribution in [0.5, 0.6) is 0 Å². The summed E-state index contributed by atoms with van der Waals surface area (Å²) in [6, 6.07) is 31.8. The fourth-order valence-electron chi connectivity index (χ4n) is 4.50. The minimum atomic E-state index is -1.65. The van der Waals surface area contributed by atoms with Crippen LogP contribution in [0.15, 0.2) is 103 Å². The molecule has 33 heavy (non-hydrogen) atoms. The molecule has 0 aliphatic heterocycles. The molecule has 1 aliphatic carbocycles. The molecule has 0 aromatic heterocycles. The number of hydrogen-bond acceptors (Lipinski definition) is 3. The van der Waals surface area contributed by atoms with Crippen molar-refractivity contribution in [2.75, 3.05) is 5.32 Å². The van der Waals surface area contributed by atoms with Gasteiger partial charge in [0, 0.05) is 17.7 Å². The van der Waals surface area contributed by atoms with Crippen molar-refractivity contribution in [1.82, 2.24) is 0 Å². The van der Waals surface area contributed by atoms with E-state index in [9.17, 15) is 14.7 Å². The maximum absolute atomic E-state index is 13.4. The van der Waals surface area contributed by atoms with Gasteiger partial charge in [-0.05, 0) is 39.9 Å². The Hall–Kier alpha value is -4.02. The maximum Gasteiger partial charge on any atom is 0.228 e. The molecule has 4 heteroatoms. The van der Waals surface area contributed by atoms with Crippen LogP contribution in [0.4, 0.5) is 5.69 Å². The summed E-state index contributed by atoms with van der Waals surface area (Å²) in [6.07, 6.45) is 0.447. The molecule has 0 bridgehead atoms. The standard InChI is InChI=1S/C29H23NO3/c31-27(18-20-8-2-1-3-9-20)30-22-16-14-21(15-17-22)19-29(33)26-13-7-6-11-24(26)23-10-4-5-12-25(23)28(29)32/h1-17,33H,18-19H2,(H,30,31). The van der Waals surface area contributed by atoms with Gasteiger partial charge in [0.15, 0.2) is 11.4 Å². The van der Waals surface area contributed by atoms with Gasteiger partial charge in [-0.1, -0.05) is 91.0 Å². The van der Waals surface area contributed by atoms with Gasteiger partial charge >= 0.3 is 0 Å². The normalized spacial score (nSPS) is 16.6. The van der Waals surface area contributed by atoms with Crippen LogP contribution >= 0.6 is 0 Å². The predicted molar refractivity (Wildman–Crippen MR) is 129 cm³/mol. The van der Waals surface area contributed by atoms with E-state index in [4.69, 9.17) is 0 Å². The minimum Gasteiger partial charge on any atom is -0.377 e. The van der Waals surface area contributed by atoms with E-state index in [2.05, 4.69) is 5.32 Å². The van der Waals surface area contributed by atoms with E-state index in [1.54, 1.807) is 18.2 Å². The number of Topliss-reactive ketones (excluding diaryl/α,β-unsaturated/α-hetero) is 1. The van der Waals surface area contributed by atoms with Crippen molar-refractivity contribution < 1.29 is 14.7 Å². The van der Waals surface area contributed by atoms with Gasteiger partial charge in [0.1, 0.15) is 0 Å². The van der Waals surface area contributed by atoms with Crippen LogP contribution in [0.3, 0.4) is 0 Å². The third-order valence-corrected chi connectivity index (χ3v) is 6.12. The number of anilines is 1. The van der Waals surface area contributed by atoms with E-state index in [0.717, 1.165) is 22.3 Å². The van der Waals surface area contributed by atoms with Crippen molar-refractivity contribution in [3.05, 3.63) is 125 Å². The molecule has 4 nitrogen and oxygen atoms in total. The Morgan fingerprint density at radius 1 is 0.697 bits per heavy atom. The number of aliphatic hydroxyl groups is 1. The van der Waals surface area contributed by atoms with Crippen molar-refractivity contribution in [2.24, 2.45) is 0 Å². The molecule has 4 aromatic rings. The first-order valence-corrected chi connectivity index (χ1v) is 10.9. The molecule has 4 aromatic carbocycles. The highest BCUT2D eigenvalue weighted by Crippen LogP contribution is 2.43. The number of benzene rings is 4. The number of ketones is 1. The molecule has 0 heterocycles. The number of hydrogen-bond donors (Lipinski definition) is 2. The van der Waals surface area contributed by atoms with E-state index in [1.165, 1.54) is 0 Å². The summed E-state index contributed by atoms with van der Waals surface area (Å²) in [6.45, 7) is 0. The van der Waals surface area contributed by atoms with Crippen molar-refractivity contribution in [2.45, 2.75) is 18.4 Å². The van der Waals surface area contributed by atoms with Gasteiger partial charge in [-0.2, -0.15) is 0 Å². The Balaban J connectivity index is 1.37. The van der Waals surface area contributed by atoms with Gasteiger partial charge in [0.05, 0.1) is 6.42 Å². The third-order valence-electron chi connectivity index (χ3n) is 6.12. The highest BCUT2D eigenvalue weighted by atomic mass is 16.3. The molecule has 1 unspecified atom stereocenters. The predicted octanol–water partition coefficient (Wildman–Crippen LogP) is 5.16. The molecule has 0 fully saturated rings. The first-order chi connectivity index (χ1) is 16.0. The largest absolute Gasteiger partial charge is 0.377 e. The number of amides is 1. The van der Waals surface area contributed by atoms with Crippen LogP contribution in [0.1, 0.15) is 27.0 Å². The first kappa shape index (κ1) is 20.9. The lowest BCUT2D eigenvalue weighted by Crippen LogP contribution is -2.41. The van der Waals surface area contributed by atoms with Crippen molar-refractivity contribution in [3.8, 4) is 11.1 Å². The van der Waals surface area contributed by atoms with Crippen molar-refractivity contribution in [3.63, 3.8) is 0 Å². The Labute approximate surface area is 192 Å². The lowest BCUT2D eigenvalue weighted by molar-refractivity contribution is -0.115. The highest BCUT2D eigenvalue weighted by Gasteiger charge is 2.44. The zero-order valence-electron chi connectivity index (χ0n) is 18.0. The summed E-state index contributed by atoms with van der Waals surface area (Å²) in [5.41, 5.74) is 3.65. The molecule has 1 aliphatic rings. The summed E-state index contributed by atoms with van der Waals surface area (Å²) in [7, 11) is 0. The molecule has 2 N–H and O–H groups in total. The maximum atomic E-state index is 13.4. The minimum absolute atomic E-state index is 0.0967. The molecule has 5 rings (SSSR count). The molecule has 0 saturated carbocycles. The zero-order chi connectivity index (χ0) is 22.8. The molecular formula is C29H23NO3. The summed E-state index contributed by atoms with van der Waals surface area (Å²) >= 11 is 0. The van der Waals surface area contributed by atoms with Gasteiger partial charge in [-0.25, -0.2) is 0 Å². The van der Waals surface area contributed by atoms with Crippen molar-refractivity contribution >= 4 is 17.4 Å². The number of fused-ring (bicyclic) bond motifs is 3. The average molecular weight is 434 g/mol. The molecule has 0 saturated heterocycles. The summed E-state index contributed by atoms with van der Waals surface area (Å²) < 4.78 is 0.